The third-order valence-electron chi connectivity index (χ3n) is 5.03. The molecule has 1 aromatic carbocycles. The molecule has 0 aliphatic carbocycles. The van der Waals surface area contributed by atoms with E-state index < -0.39 is 0 Å². The van der Waals surface area contributed by atoms with Crippen molar-refractivity contribution in [1.82, 2.24) is 9.88 Å². The topological polar surface area (TPSA) is 45.3 Å². The van der Waals surface area contributed by atoms with E-state index in [9.17, 15) is 4.79 Å². The molecule has 0 amide bonds. The second-order valence-corrected chi connectivity index (χ2v) is 7.17. The van der Waals surface area contributed by atoms with Crippen molar-refractivity contribution in [3.8, 4) is 5.75 Å². The molecule has 1 aliphatic heterocycles. The Morgan fingerprint density at radius 1 is 1.17 bits per heavy atom. The van der Waals surface area contributed by atoms with Crippen LogP contribution in [0.2, 0.25) is 0 Å². The number of benzene rings is 1. The van der Waals surface area contributed by atoms with Gasteiger partial charge in [0.25, 0.3) is 5.56 Å². The number of pyridine rings is 1. The SMILES string of the molecule is Cc1ccccc1OCC1(C)CCN(Cc2ccc[nH]c2=O)CC1. The molecule has 0 radical (unpaired) electrons. The summed E-state index contributed by atoms with van der Waals surface area (Å²) in [4.78, 5) is 16.9. The van der Waals surface area contributed by atoms with Gasteiger partial charge in [-0.1, -0.05) is 31.2 Å². The molecule has 24 heavy (non-hydrogen) atoms. The normalized spacial score (nSPS) is 17.6. The highest BCUT2D eigenvalue weighted by Gasteiger charge is 2.31. The lowest BCUT2D eigenvalue weighted by atomic mass is 9.81. The molecular formula is C20H26N2O2. The number of nitrogens with one attached hydrogen (secondary N) is 1. The third kappa shape index (κ3) is 4.06. The Kier molecular flexibility index (Phi) is 5.05. The number of aromatic nitrogens is 1. The van der Waals surface area contributed by atoms with E-state index >= 15 is 0 Å². The molecule has 2 heterocycles. The van der Waals surface area contributed by atoms with Crippen LogP contribution in [0.1, 0.15) is 30.9 Å². The van der Waals surface area contributed by atoms with Crippen LogP contribution in [0, 0.1) is 12.3 Å². The summed E-state index contributed by atoms with van der Waals surface area (Å²) in [6.07, 6.45) is 3.86. The van der Waals surface area contributed by atoms with Gasteiger partial charge >= 0.3 is 0 Å². The zero-order valence-electron chi connectivity index (χ0n) is 14.5. The van der Waals surface area contributed by atoms with E-state index in [4.69, 9.17) is 4.74 Å². The summed E-state index contributed by atoms with van der Waals surface area (Å²) < 4.78 is 6.08. The highest BCUT2D eigenvalue weighted by Crippen LogP contribution is 2.32. The molecule has 1 N–H and O–H groups in total. The summed E-state index contributed by atoms with van der Waals surface area (Å²) >= 11 is 0. The Morgan fingerprint density at radius 2 is 1.92 bits per heavy atom. The Balaban J connectivity index is 1.53. The Bertz CT molecular complexity index is 730. The fourth-order valence-electron chi connectivity index (χ4n) is 3.19. The molecule has 4 heteroatoms. The molecule has 0 unspecified atom stereocenters. The maximum Gasteiger partial charge on any atom is 0.252 e. The predicted octanol–water partition coefficient (Wildman–Crippen LogP) is 3.36. The van der Waals surface area contributed by atoms with Crippen LogP contribution < -0.4 is 10.3 Å². The van der Waals surface area contributed by atoms with Crippen molar-refractivity contribution in [3.63, 3.8) is 0 Å². The zero-order valence-corrected chi connectivity index (χ0v) is 14.5. The predicted molar refractivity (Wildman–Crippen MR) is 96.4 cm³/mol. The molecule has 0 spiro atoms. The van der Waals surface area contributed by atoms with Crippen LogP contribution in [0.3, 0.4) is 0 Å². The summed E-state index contributed by atoms with van der Waals surface area (Å²) in [5, 5.41) is 0. The van der Waals surface area contributed by atoms with Gasteiger partial charge in [-0.2, -0.15) is 0 Å². The minimum absolute atomic E-state index is 0.0220. The number of hydrogen-bond acceptors (Lipinski definition) is 3. The summed E-state index contributed by atoms with van der Waals surface area (Å²) in [6.45, 7) is 7.86. The smallest absolute Gasteiger partial charge is 0.252 e. The lowest BCUT2D eigenvalue weighted by Gasteiger charge is -2.39. The Hall–Kier alpha value is -2.07. The standard InChI is InChI=1S/C20H26N2O2/c1-16-6-3-4-8-18(16)24-15-20(2)9-12-22(13-10-20)14-17-7-5-11-21-19(17)23/h3-8,11H,9-10,12-15H2,1-2H3,(H,21,23). The molecule has 1 saturated heterocycles. The molecule has 4 nitrogen and oxygen atoms in total. The minimum atomic E-state index is 0.0220. The fourth-order valence-corrected chi connectivity index (χ4v) is 3.19. The van der Waals surface area contributed by atoms with Gasteiger partial charge in [0.2, 0.25) is 0 Å². The minimum Gasteiger partial charge on any atom is -0.493 e. The van der Waals surface area contributed by atoms with Crippen molar-refractivity contribution in [1.29, 1.82) is 0 Å². The van der Waals surface area contributed by atoms with Gasteiger partial charge in [0.05, 0.1) is 6.61 Å². The Labute approximate surface area is 143 Å². The van der Waals surface area contributed by atoms with Crippen LogP contribution in [-0.2, 0) is 6.54 Å². The number of ether oxygens (including phenoxy) is 1. The molecule has 2 aromatic rings. The molecule has 0 saturated carbocycles. The summed E-state index contributed by atoms with van der Waals surface area (Å²) in [7, 11) is 0. The number of hydrogen-bond donors (Lipinski definition) is 1. The van der Waals surface area contributed by atoms with Crippen LogP contribution in [0.4, 0.5) is 0 Å². The van der Waals surface area contributed by atoms with Crippen LogP contribution >= 0.6 is 0 Å². The number of piperidine rings is 1. The fraction of sp³-hybridized carbons (Fsp3) is 0.450. The van der Waals surface area contributed by atoms with Crippen LogP contribution in [0.25, 0.3) is 0 Å². The molecular weight excluding hydrogens is 300 g/mol. The van der Waals surface area contributed by atoms with E-state index in [1.807, 2.05) is 30.3 Å². The van der Waals surface area contributed by atoms with Gasteiger partial charge in [-0.3, -0.25) is 9.69 Å². The highest BCUT2D eigenvalue weighted by molar-refractivity contribution is 5.31. The summed E-state index contributed by atoms with van der Waals surface area (Å²) in [6, 6.07) is 12.0. The van der Waals surface area contributed by atoms with Gasteiger partial charge in [-0.05, 0) is 50.6 Å². The Morgan fingerprint density at radius 3 is 2.62 bits per heavy atom. The maximum atomic E-state index is 11.8. The molecule has 0 atom stereocenters. The lowest BCUT2D eigenvalue weighted by Crippen LogP contribution is -2.41. The number of nitrogens with zero attached hydrogens (tertiary/aromatic N) is 1. The van der Waals surface area contributed by atoms with Crippen molar-refractivity contribution >= 4 is 0 Å². The summed E-state index contributed by atoms with van der Waals surface area (Å²) in [5.74, 6) is 0.983. The number of aryl methyl sites for hydroxylation is 1. The van der Waals surface area contributed by atoms with E-state index in [0.717, 1.165) is 50.4 Å². The third-order valence-corrected chi connectivity index (χ3v) is 5.03. The van der Waals surface area contributed by atoms with Crippen LogP contribution in [0.5, 0.6) is 5.75 Å². The van der Waals surface area contributed by atoms with E-state index in [1.54, 1.807) is 6.20 Å². The molecule has 3 rings (SSSR count). The second-order valence-electron chi connectivity index (χ2n) is 7.17. The number of para-hydroxylation sites is 1. The van der Waals surface area contributed by atoms with Gasteiger partial charge in [-0.15, -0.1) is 0 Å². The summed E-state index contributed by atoms with van der Waals surface area (Å²) in [5.41, 5.74) is 2.25. The molecule has 1 aliphatic rings. The maximum absolute atomic E-state index is 11.8. The van der Waals surface area contributed by atoms with Gasteiger partial charge < -0.3 is 9.72 Å². The highest BCUT2D eigenvalue weighted by atomic mass is 16.5. The van der Waals surface area contributed by atoms with Crippen molar-refractivity contribution in [2.75, 3.05) is 19.7 Å². The van der Waals surface area contributed by atoms with Gasteiger partial charge in [0.15, 0.2) is 0 Å². The van der Waals surface area contributed by atoms with E-state index in [1.165, 1.54) is 5.56 Å². The van der Waals surface area contributed by atoms with Crippen LogP contribution in [-0.4, -0.2) is 29.6 Å². The van der Waals surface area contributed by atoms with Crippen molar-refractivity contribution < 1.29 is 4.74 Å². The number of aromatic amines is 1. The number of rotatable bonds is 5. The van der Waals surface area contributed by atoms with E-state index in [0.29, 0.717) is 0 Å². The molecule has 128 valence electrons. The van der Waals surface area contributed by atoms with Gasteiger partial charge in [0.1, 0.15) is 5.75 Å². The first-order valence-electron chi connectivity index (χ1n) is 8.63. The first-order valence-corrected chi connectivity index (χ1v) is 8.63. The van der Waals surface area contributed by atoms with Crippen molar-refractivity contribution in [3.05, 3.63) is 64.1 Å². The largest absolute Gasteiger partial charge is 0.493 e. The van der Waals surface area contributed by atoms with E-state index in [-0.39, 0.29) is 11.0 Å². The number of H-pyrrole nitrogens is 1. The lowest BCUT2D eigenvalue weighted by molar-refractivity contribution is 0.0652. The molecule has 1 aromatic heterocycles. The van der Waals surface area contributed by atoms with Crippen LogP contribution in [0.15, 0.2) is 47.4 Å². The number of likely N-dealkylation sites (tertiary alicyclic amines) is 1. The first-order chi connectivity index (χ1) is 11.6. The molecule has 0 bridgehead atoms. The average molecular weight is 326 g/mol. The quantitative estimate of drug-likeness (QED) is 0.916. The van der Waals surface area contributed by atoms with Gasteiger partial charge in [-0.25, -0.2) is 0 Å². The molecule has 1 fully saturated rings. The second kappa shape index (κ2) is 7.22. The van der Waals surface area contributed by atoms with Gasteiger partial charge in [0, 0.05) is 23.7 Å². The zero-order chi connectivity index (χ0) is 17.0. The van der Waals surface area contributed by atoms with Crippen molar-refractivity contribution in [2.45, 2.75) is 33.2 Å². The first kappa shape index (κ1) is 16.8. The monoisotopic (exact) mass is 326 g/mol. The average Bonchev–Trinajstić information content (AvgIpc) is 2.58. The van der Waals surface area contributed by atoms with E-state index in [2.05, 4.69) is 29.8 Å². The van der Waals surface area contributed by atoms with Crippen molar-refractivity contribution in [2.24, 2.45) is 5.41 Å².